The van der Waals surface area contributed by atoms with Crippen molar-refractivity contribution in [1.82, 2.24) is 9.29 Å². The number of nitrogens with zero attached hydrogens (tertiary/aromatic N) is 3. The van der Waals surface area contributed by atoms with Crippen molar-refractivity contribution in [1.29, 1.82) is 0 Å². The third-order valence-electron chi connectivity index (χ3n) is 4.12. The summed E-state index contributed by atoms with van der Waals surface area (Å²) < 4.78 is 26.8. The highest BCUT2D eigenvalue weighted by atomic mass is 35.5. The van der Waals surface area contributed by atoms with E-state index >= 15 is 0 Å². The van der Waals surface area contributed by atoms with Gasteiger partial charge in [0.2, 0.25) is 10.0 Å². The third-order valence-corrected chi connectivity index (χ3v) is 6.59. The number of benzene rings is 1. The number of rotatable bonds is 4. The molecule has 0 spiro atoms. The van der Waals surface area contributed by atoms with Crippen LogP contribution in [0.2, 0.25) is 10.0 Å². The average molecular weight is 416 g/mol. The van der Waals surface area contributed by atoms with Gasteiger partial charge in [0.15, 0.2) is 0 Å². The van der Waals surface area contributed by atoms with Crippen LogP contribution >= 0.6 is 23.2 Å². The van der Waals surface area contributed by atoms with Crippen molar-refractivity contribution < 1.29 is 18.3 Å². The summed E-state index contributed by atoms with van der Waals surface area (Å²) in [4.78, 5) is 16.8. The molecule has 2 aromatic rings. The Morgan fingerprint density at radius 3 is 2.04 bits per heavy atom. The third kappa shape index (κ3) is 3.64. The normalized spacial score (nSPS) is 15.8. The van der Waals surface area contributed by atoms with Crippen LogP contribution in [-0.2, 0) is 10.0 Å². The van der Waals surface area contributed by atoms with Crippen molar-refractivity contribution in [2.75, 3.05) is 31.1 Å². The van der Waals surface area contributed by atoms with Crippen LogP contribution in [0.25, 0.3) is 0 Å². The first kappa shape index (κ1) is 18.9. The summed E-state index contributed by atoms with van der Waals surface area (Å²) in [6.07, 6.45) is 2.99. The van der Waals surface area contributed by atoms with E-state index in [2.05, 4.69) is 4.98 Å². The largest absolute Gasteiger partial charge is 0.478 e. The molecule has 0 atom stereocenters. The van der Waals surface area contributed by atoms with Gasteiger partial charge in [-0.25, -0.2) is 13.2 Å². The van der Waals surface area contributed by atoms with Gasteiger partial charge in [0.25, 0.3) is 0 Å². The second-order valence-corrected chi connectivity index (χ2v) is 8.42. The van der Waals surface area contributed by atoms with Crippen molar-refractivity contribution in [3.05, 3.63) is 52.3 Å². The van der Waals surface area contributed by atoms with Gasteiger partial charge in [0, 0.05) is 38.6 Å². The molecule has 1 fully saturated rings. The fourth-order valence-electron chi connectivity index (χ4n) is 2.78. The monoisotopic (exact) mass is 415 g/mol. The first-order valence-corrected chi connectivity index (χ1v) is 9.88. The maximum absolute atomic E-state index is 12.7. The number of anilines is 1. The molecule has 0 aliphatic carbocycles. The van der Waals surface area contributed by atoms with Crippen molar-refractivity contribution in [3.8, 4) is 0 Å². The molecule has 3 rings (SSSR count). The maximum Gasteiger partial charge on any atom is 0.335 e. The molecule has 7 nitrogen and oxygen atoms in total. The first-order chi connectivity index (χ1) is 12.3. The number of sulfonamides is 1. The minimum absolute atomic E-state index is 0.0377. The number of carboxylic acid groups (broad SMARTS) is 1. The highest BCUT2D eigenvalue weighted by Crippen LogP contribution is 2.33. The van der Waals surface area contributed by atoms with Gasteiger partial charge < -0.3 is 10.0 Å². The standard InChI is InChI=1S/C16H15Cl2N3O4S/c17-13-9-19-10-14(18)15(13)20-5-7-21(8-6-20)26(24,25)12-3-1-11(2-4-12)16(22)23/h1-4,9-10H,5-8H2,(H,22,23). The molecule has 0 bridgehead atoms. The van der Waals surface area contributed by atoms with Crippen molar-refractivity contribution in [3.63, 3.8) is 0 Å². The van der Waals surface area contributed by atoms with Crippen LogP contribution in [0.1, 0.15) is 10.4 Å². The van der Waals surface area contributed by atoms with Crippen molar-refractivity contribution in [2.45, 2.75) is 4.90 Å². The Labute approximate surface area is 160 Å². The molecular formula is C16H15Cl2N3O4S. The number of aromatic carboxylic acids is 1. The van der Waals surface area contributed by atoms with E-state index in [0.29, 0.717) is 28.8 Å². The molecule has 1 aromatic carbocycles. The number of piperazine rings is 1. The van der Waals surface area contributed by atoms with E-state index in [-0.39, 0.29) is 23.5 Å². The first-order valence-electron chi connectivity index (χ1n) is 7.68. The fraction of sp³-hybridized carbons (Fsp3) is 0.250. The van der Waals surface area contributed by atoms with E-state index in [0.717, 1.165) is 0 Å². The lowest BCUT2D eigenvalue weighted by Crippen LogP contribution is -2.48. The Morgan fingerprint density at radius 1 is 1.00 bits per heavy atom. The lowest BCUT2D eigenvalue weighted by Gasteiger charge is -2.36. The second-order valence-electron chi connectivity index (χ2n) is 5.67. The zero-order valence-corrected chi connectivity index (χ0v) is 15.8. The molecule has 0 saturated carbocycles. The van der Waals surface area contributed by atoms with Gasteiger partial charge in [-0.2, -0.15) is 4.31 Å². The summed E-state index contributed by atoms with van der Waals surface area (Å²) in [5.41, 5.74) is 0.682. The van der Waals surface area contributed by atoms with Gasteiger partial charge in [-0.15, -0.1) is 0 Å². The summed E-state index contributed by atoms with van der Waals surface area (Å²) in [6, 6.07) is 5.17. The fourth-order valence-corrected chi connectivity index (χ4v) is 4.80. The second kappa shape index (κ2) is 7.40. The molecule has 0 unspecified atom stereocenters. The van der Waals surface area contributed by atoms with E-state index in [4.69, 9.17) is 28.3 Å². The van der Waals surface area contributed by atoms with Gasteiger partial charge in [0.05, 0.1) is 26.2 Å². The minimum Gasteiger partial charge on any atom is -0.478 e. The van der Waals surface area contributed by atoms with E-state index in [9.17, 15) is 13.2 Å². The summed E-state index contributed by atoms with van der Waals surface area (Å²) in [5.74, 6) is -1.10. The van der Waals surface area contributed by atoms with Crippen LogP contribution in [0, 0.1) is 0 Å². The van der Waals surface area contributed by atoms with Gasteiger partial charge >= 0.3 is 5.97 Å². The molecule has 1 N–H and O–H groups in total. The lowest BCUT2D eigenvalue weighted by atomic mass is 10.2. The quantitative estimate of drug-likeness (QED) is 0.824. The minimum atomic E-state index is -3.69. The van der Waals surface area contributed by atoms with Crippen LogP contribution in [0.5, 0.6) is 0 Å². The Kier molecular flexibility index (Phi) is 5.38. The van der Waals surface area contributed by atoms with Crippen molar-refractivity contribution >= 4 is 44.9 Å². The smallest absolute Gasteiger partial charge is 0.335 e. The van der Waals surface area contributed by atoms with Crippen LogP contribution < -0.4 is 4.90 Å². The molecule has 1 aromatic heterocycles. The van der Waals surface area contributed by atoms with Gasteiger partial charge in [-0.05, 0) is 24.3 Å². The van der Waals surface area contributed by atoms with Gasteiger partial charge in [-0.1, -0.05) is 23.2 Å². The number of hydrogen-bond donors (Lipinski definition) is 1. The van der Waals surface area contributed by atoms with Gasteiger partial charge in [-0.3, -0.25) is 4.98 Å². The molecule has 2 heterocycles. The molecule has 1 aliphatic heterocycles. The van der Waals surface area contributed by atoms with Crippen LogP contribution in [-0.4, -0.2) is 55.0 Å². The number of carboxylic acids is 1. The number of carbonyl (C=O) groups is 1. The Bertz CT molecular complexity index is 907. The van der Waals surface area contributed by atoms with E-state index in [1.165, 1.54) is 41.0 Å². The molecule has 26 heavy (non-hydrogen) atoms. The van der Waals surface area contributed by atoms with Gasteiger partial charge in [0.1, 0.15) is 0 Å². The van der Waals surface area contributed by atoms with Crippen LogP contribution in [0.3, 0.4) is 0 Å². The van der Waals surface area contributed by atoms with E-state index < -0.39 is 16.0 Å². The molecular weight excluding hydrogens is 401 g/mol. The topological polar surface area (TPSA) is 90.8 Å². The summed E-state index contributed by atoms with van der Waals surface area (Å²) in [7, 11) is -3.69. The number of hydrogen-bond acceptors (Lipinski definition) is 5. The molecule has 138 valence electrons. The van der Waals surface area contributed by atoms with Crippen molar-refractivity contribution in [2.24, 2.45) is 0 Å². The number of halogens is 2. The highest BCUT2D eigenvalue weighted by molar-refractivity contribution is 7.89. The number of pyridine rings is 1. The van der Waals surface area contributed by atoms with Crippen LogP contribution in [0.4, 0.5) is 5.69 Å². The highest BCUT2D eigenvalue weighted by Gasteiger charge is 2.30. The molecule has 0 radical (unpaired) electrons. The summed E-state index contributed by atoms with van der Waals surface area (Å²) >= 11 is 12.3. The average Bonchev–Trinajstić information content (AvgIpc) is 2.62. The molecule has 0 amide bonds. The predicted molar refractivity (Wildman–Crippen MR) is 98.6 cm³/mol. The molecule has 10 heteroatoms. The Morgan fingerprint density at radius 2 is 1.54 bits per heavy atom. The Balaban J connectivity index is 1.75. The van der Waals surface area contributed by atoms with Crippen LogP contribution in [0.15, 0.2) is 41.6 Å². The van der Waals surface area contributed by atoms with E-state index in [1.807, 2.05) is 4.90 Å². The number of aromatic nitrogens is 1. The summed E-state index contributed by atoms with van der Waals surface area (Å²) in [5, 5.41) is 9.75. The Hall–Kier alpha value is -1.87. The molecule has 1 aliphatic rings. The zero-order valence-electron chi connectivity index (χ0n) is 13.5. The maximum atomic E-state index is 12.7. The van der Waals surface area contributed by atoms with E-state index in [1.54, 1.807) is 0 Å². The SMILES string of the molecule is O=C(O)c1ccc(S(=O)(=O)N2CCN(c3c(Cl)cncc3Cl)CC2)cc1. The lowest BCUT2D eigenvalue weighted by molar-refractivity contribution is 0.0696. The molecule has 1 saturated heterocycles. The zero-order chi connectivity index (χ0) is 18.9. The summed E-state index contributed by atoms with van der Waals surface area (Å²) in [6.45, 7) is 1.38. The predicted octanol–water partition coefficient (Wildman–Crippen LogP) is 2.60.